The molecule has 4 rings (SSSR count). The molecule has 0 aromatic rings. The van der Waals surface area contributed by atoms with Gasteiger partial charge >= 0.3 is 0 Å². The molecule has 5 nitrogen and oxygen atoms in total. The lowest BCUT2D eigenvalue weighted by atomic mass is 9.57. The molecule has 1 saturated heterocycles. The van der Waals surface area contributed by atoms with Gasteiger partial charge in [0.2, 0.25) is 0 Å². The second-order valence-corrected chi connectivity index (χ2v) is 6.22. The van der Waals surface area contributed by atoms with Gasteiger partial charge in [-0.2, -0.15) is 0 Å². The number of fused-ring (bicyclic) bond motifs is 2. The Morgan fingerprint density at radius 3 is 2.89 bits per heavy atom. The predicted octanol–water partition coefficient (Wildman–Crippen LogP) is 3.64. The van der Waals surface area contributed by atoms with Crippen LogP contribution in [-0.2, 0) is 9.47 Å². The van der Waals surface area contributed by atoms with E-state index < -0.39 is 0 Å². The lowest BCUT2D eigenvalue weighted by molar-refractivity contribution is -0.166. The molecule has 1 unspecified atom stereocenters. The first-order valence-electron chi connectivity index (χ1n) is 7.64. The van der Waals surface area contributed by atoms with Crippen molar-refractivity contribution in [2.24, 2.45) is 22.9 Å². The Kier molecular flexibility index (Phi) is 4.26. The number of ether oxygens (including phenoxy) is 2. The number of azide groups is 1. The lowest BCUT2D eigenvalue weighted by Gasteiger charge is -2.50. The van der Waals surface area contributed by atoms with Gasteiger partial charge in [0.05, 0.1) is 6.61 Å². The van der Waals surface area contributed by atoms with Gasteiger partial charge in [-0.25, -0.2) is 0 Å². The van der Waals surface area contributed by atoms with Gasteiger partial charge in [0.15, 0.2) is 6.29 Å². The number of hydrogen-bond acceptors (Lipinski definition) is 3. The van der Waals surface area contributed by atoms with Crippen LogP contribution in [0.3, 0.4) is 0 Å². The van der Waals surface area contributed by atoms with E-state index in [1.54, 1.807) is 0 Å². The number of nitrogens with zero attached hydrogens (tertiary/aromatic N) is 3. The topological polar surface area (TPSA) is 67.2 Å². The van der Waals surface area contributed by atoms with Crippen molar-refractivity contribution in [2.45, 2.75) is 57.3 Å². The van der Waals surface area contributed by atoms with Crippen LogP contribution in [0, 0.1) is 17.8 Å². The third kappa shape index (κ3) is 3.04. The van der Waals surface area contributed by atoms with E-state index in [1.807, 2.05) is 0 Å². The summed E-state index contributed by atoms with van der Waals surface area (Å²) in [6.07, 6.45) is 8.17. The zero-order chi connectivity index (χ0) is 13.1. The van der Waals surface area contributed by atoms with Crippen molar-refractivity contribution in [3.63, 3.8) is 0 Å². The van der Waals surface area contributed by atoms with E-state index in [1.165, 1.54) is 19.3 Å². The minimum atomic E-state index is 0.00407. The van der Waals surface area contributed by atoms with Gasteiger partial charge in [0.1, 0.15) is 0 Å². The first-order valence-corrected chi connectivity index (χ1v) is 7.64. The molecule has 0 aromatic heterocycles. The van der Waals surface area contributed by atoms with Gasteiger partial charge < -0.3 is 9.47 Å². The van der Waals surface area contributed by atoms with Gasteiger partial charge in [-0.15, -0.1) is 0 Å². The molecule has 0 N–H and O–H groups in total. The predicted molar refractivity (Wildman–Crippen MR) is 71.4 cm³/mol. The molecule has 1 heterocycles. The van der Waals surface area contributed by atoms with E-state index >= 15 is 0 Å². The Morgan fingerprint density at radius 1 is 1.26 bits per heavy atom. The van der Waals surface area contributed by atoms with Crippen LogP contribution in [0.4, 0.5) is 0 Å². The van der Waals surface area contributed by atoms with Crippen LogP contribution < -0.4 is 0 Å². The molecule has 4 aliphatic rings. The van der Waals surface area contributed by atoms with Crippen LogP contribution in [0.25, 0.3) is 10.4 Å². The van der Waals surface area contributed by atoms with Gasteiger partial charge in [-0.3, -0.25) is 0 Å². The fourth-order valence-corrected chi connectivity index (χ4v) is 3.97. The van der Waals surface area contributed by atoms with Crippen LogP contribution >= 0.6 is 0 Å². The van der Waals surface area contributed by atoms with E-state index in [-0.39, 0.29) is 12.3 Å². The van der Waals surface area contributed by atoms with Crippen LogP contribution in [0.5, 0.6) is 0 Å². The number of rotatable bonds is 5. The fraction of sp³-hybridized carbons (Fsp3) is 1.00. The molecule has 0 spiro atoms. The molecular weight excluding hydrogens is 242 g/mol. The van der Waals surface area contributed by atoms with E-state index in [0.717, 1.165) is 50.7 Å². The Hall–Kier alpha value is -0.770. The zero-order valence-corrected chi connectivity index (χ0v) is 11.4. The van der Waals surface area contributed by atoms with E-state index in [2.05, 4.69) is 10.0 Å². The Balaban J connectivity index is 1.45. The Labute approximate surface area is 114 Å². The second-order valence-electron chi connectivity index (χ2n) is 6.22. The van der Waals surface area contributed by atoms with Gasteiger partial charge in [0.25, 0.3) is 0 Å². The molecule has 0 aromatic carbocycles. The molecule has 3 saturated carbocycles. The maximum Gasteiger partial charge on any atom is 0.157 e. The van der Waals surface area contributed by atoms with E-state index in [0.29, 0.717) is 5.92 Å². The first kappa shape index (κ1) is 13.2. The molecule has 5 heteroatoms. The quantitative estimate of drug-likeness (QED) is 0.432. The van der Waals surface area contributed by atoms with Crippen molar-refractivity contribution in [2.75, 3.05) is 13.2 Å². The summed E-state index contributed by atoms with van der Waals surface area (Å²) in [5.74, 6) is 2.12. The normalized spacial score (nSPS) is 41.2. The highest BCUT2D eigenvalue weighted by atomic mass is 16.7. The zero-order valence-electron chi connectivity index (χ0n) is 11.4. The molecule has 19 heavy (non-hydrogen) atoms. The van der Waals surface area contributed by atoms with E-state index in [9.17, 15) is 0 Å². The summed E-state index contributed by atoms with van der Waals surface area (Å²) in [7, 11) is 0. The summed E-state index contributed by atoms with van der Waals surface area (Å²) in [6, 6.07) is 0.207. The summed E-state index contributed by atoms with van der Waals surface area (Å²) in [4.78, 5) is 3.02. The highest BCUT2D eigenvalue weighted by Crippen LogP contribution is 2.51. The van der Waals surface area contributed by atoms with Crippen LogP contribution in [0.1, 0.15) is 44.9 Å². The fourth-order valence-electron chi connectivity index (χ4n) is 3.97. The monoisotopic (exact) mass is 265 g/mol. The van der Waals surface area contributed by atoms with Gasteiger partial charge in [-0.05, 0) is 68.2 Å². The van der Waals surface area contributed by atoms with Crippen LogP contribution in [0.15, 0.2) is 5.11 Å². The highest BCUT2D eigenvalue weighted by Gasteiger charge is 2.44. The second kappa shape index (κ2) is 6.12. The molecule has 4 fully saturated rings. The van der Waals surface area contributed by atoms with Crippen molar-refractivity contribution in [1.82, 2.24) is 0 Å². The average molecular weight is 265 g/mol. The average Bonchev–Trinajstić information content (AvgIpc) is 2.40. The molecule has 0 amide bonds. The summed E-state index contributed by atoms with van der Waals surface area (Å²) < 4.78 is 11.4. The van der Waals surface area contributed by atoms with Gasteiger partial charge in [0, 0.05) is 17.6 Å². The lowest BCUT2D eigenvalue weighted by Crippen LogP contribution is -2.44. The Morgan fingerprint density at radius 2 is 2.16 bits per heavy atom. The maximum atomic E-state index is 8.67. The van der Waals surface area contributed by atoms with Crippen molar-refractivity contribution in [3.05, 3.63) is 10.4 Å². The van der Waals surface area contributed by atoms with Crippen molar-refractivity contribution in [3.8, 4) is 0 Å². The molecule has 1 aliphatic heterocycles. The van der Waals surface area contributed by atoms with Crippen molar-refractivity contribution < 1.29 is 9.47 Å². The summed E-state index contributed by atoms with van der Waals surface area (Å²) in [6.45, 7) is 1.58. The van der Waals surface area contributed by atoms with Crippen molar-refractivity contribution >= 4 is 0 Å². The molecular formula is C14H23N3O2. The molecule has 106 valence electrons. The minimum Gasteiger partial charge on any atom is -0.353 e. The third-order valence-corrected chi connectivity index (χ3v) is 5.04. The summed E-state index contributed by atoms with van der Waals surface area (Å²) in [5.41, 5.74) is 8.67. The van der Waals surface area contributed by atoms with Crippen molar-refractivity contribution in [1.29, 1.82) is 0 Å². The van der Waals surface area contributed by atoms with E-state index in [4.69, 9.17) is 15.0 Å². The SMILES string of the molecule is [N-]=[N+]=N[C@H]1CC2CC(C2)[C@@H]1CCOC1CCCCO1. The van der Waals surface area contributed by atoms with Gasteiger partial charge in [-0.1, -0.05) is 5.11 Å². The molecule has 0 radical (unpaired) electrons. The molecule has 3 atom stereocenters. The minimum absolute atomic E-state index is 0.00407. The summed E-state index contributed by atoms with van der Waals surface area (Å²) in [5, 5.41) is 4.01. The molecule has 2 bridgehead atoms. The van der Waals surface area contributed by atoms with Crippen LogP contribution in [0.2, 0.25) is 0 Å². The third-order valence-electron chi connectivity index (χ3n) is 5.04. The van der Waals surface area contributed by atoms with Crippen LogP contribution in [-0.4, -0.2) is 25.5 Å². The smallest absolute Gasteiger partial charge is 0.157 e. The highest BCUT2D eigenvalue weighted by molar-refractivity contribution is 4.98. The standard InChI is InChI=1S/C14H23N3O2/c15-17-16-13-9-10-7-11(8-10)12(13)4-6-19-14-3-1-2-5-18-14/h10-14H,1-9H2/t10?,11?,12-,13-,14?/m0/s1. The molecule has 3 aliphatic carbocycles. The maximum absolute atomic E-state index is 8.67. The Bertz CT molecular complexity index is 345. The largest absolute Gasteiger partial charge is 0.353 e. The first-order chi connectivity index (χ1) is 9.36. The summed E-state index contributed by atoms with van der Waals surface area (Å²) >= 11 is 0. The number of hydrogen-bond donors (Lipinski definition) is 0.